The van der Waals surface area contributed by atoms with Crippen LogP contribution in [0.2, 0.25) is 5.15 Å². The molecule has 0 saturated heterocycles. The third-order valence-corrected chi connectivity index (χ3v) is 4.72. The van der Waals surface area contributed by atoms with Crippen molar-refractivity contribution < 1.29 is 4.74 Å². The van der Waals surface area contributed by atoms with Crippen molar-refractivity contribution in [1.82, 2.24) is 10.2 Å². The first-order chi connectivity index (χ1) is 8.46. The van der Waals surface area contributed by atoms with E-state index in [2.05, 4.69) is 24.0 Å². The molecule has 1 aromatic rings. The summed E-state index contributed by atoms with van der Waals surface area (Å²) in [5, 5.41) is 8.21. The summed E-state index contributed by atoms with van der Waals surface area (Å²) in [4.78, 5) is 0. The Morgan fingerprint density at radius 1 is 1.17 bits per heavy atom. The lowest BCUT2D eigenvalue weighted by molar-refractivity contribution is 0.0401. The van der Waals surface area contributed by atoms with Crippen LogP contribution in [-0.2, 0) is 0 Å². The first-order valence-corrected chi connectivity index (χ1v) is 7.00. The molecule has 0 N–H and O–H groups in total. The molecule has 0 spiro atoms. The number of ether oxygens (including phenoxy) is 1. The molecule has 3 nitrogen and oxygen atoms in total. The maximum atomic E-state index is 5.99. The van der Waals surface area contributed by atoms with Crippen LogP contribution < -0.4 is 4.74 Å². The van der Waals surface area contributed by atoms with E-state index >= 15 is 0 Å². The van der Waals surface area contributed by atoms with Gasteiger partial charge in [-0.15, -0.1) is 10.2 Å². The molecule has 3 rings (SSSR count). The number of aromatic nitrogens is 2. The molecular formula is C14H19ClN2O. The maximum absolute atomic E-state index is 5.99. The Hall–Kier alpha value is -0.830. The molecule has 2 saturated carbocycles. The highest BCUT2D eigenvalue weighted by Crippen LogP contribution is 2.58. The number of fused-ring (bicyclic) bond motifs is 2. The van der Waals surface area contributed by atoms with E-state index in [4.69, 9.17) is 16.3 Å². The summed E-state index contributed by atoms with van der Waals surface area (Å²) >= 11 is 5.73. The second-order valence-corrected chi connectivity index (χ2v) is 7.03. The molecule has 1 heterocycles. The van der Waals surface area contributed by atoms with Crippen LogP contribution in [0, 0.1) is 10.8 Å². The summed E-state index contributed by atoms with van der Waals surface area (Å²) in [6.07, 6.45) is 6.53. The predicted molar refractivity (Wildman–Crippen MR) is 70.8 cm³/mol. The van der Waals surface area contributed by atoms with Gasteiger partial charge in [-0.05, 0) is 49.0 Å². The predicted octanol–water partition coefficient (Wildman–Crippen LogP) is 3.87. The molecule has 2 bridgehead atoms. The molecule has 2 aliphatic rings. The van der Waals surface area contributed by atoms with Crippen LogP contribution in [0.4, 0.5) is 0 Å². The molecule has 2 aliphatic carbocycles. The molecule has 0 amide bonds. The minimum atomic E-state index is 0.270. The Bertz CT molecular complexity index is 432. The first kappa shape index (κ1) is 12.2. The van der Waals surface area contributed by atoms with Crippen molar-refractivity contribution in [3.8, 4) is 5.88 Å². The standard InChI is InChI=1S/C14H19ClN2O/c1-13-5-6-14(2,9-13)8-10(7-13)18-12-4-3-11(15)16-17-12/h3-4,10H,5-9H2,1-2H3/t10?,13-,14+. The quantitative estimate of drug-likeness (QED) is 0.815. The van der Waals surface area contributed by atoms with Crippen molar-refractivity contribution in [2.75, 3.05) is 0 Å². The molecule has 3 atom stereocenters. The van der Waals surface area contributed by atoms with Crippen LogP contribution in [0.15, 0.2) is 12.1 Å². The van der Waals surface area contributed by atoms with Gasteiger partial charge in [0.25, 0.3) is 0 Å². The molecular weight excluding hydrogens is 248 g/mol. The zero-order valence-electron chi connectivity index (χ0n) is 10.9. The lowest BCUT2D eigenvalue weighted by atomic mass is 9.69. The van der Waals surface area contributed by atoms with E-state index in [1.165, 1.54) is 19.3 Å². The molecule has 18 heavy (non-hydrogen) atoms. The van der Waals surface area contributed by atoms with E-state index in [1.54, 1.807) is 12.1 Å². The van der Waals surface area contributed by atoms with Gasteiger partial charge in [0, 0.05) is 6.07 Å². The average Bonchev–Trinajstić information content (AvgIpc) is 2.51. The minimum absolute atomic E-state index is 0.270. The van der Waals surface area contributed by atoms with Crippen LogP contribution in [0.5, 0.6) is 5.88 Å². The highest BCUT2D eigenvalue weighted by atomic mass is 35.5. The molecule has 98 valence electrons. The van der Waals surface area contributed by atoms with Crippen LogP contribution in [0.25, 0.3) is 0 Å². The Morgan fingerprint density at radius 3 is 2.39 bits per heavy atom. The van der Waals surface area contributed by atoms with Gasteiger partial charge in [-0.1, -0.05) is 25.4 Å². The van der Waals surface area contributed by atoms with E-state index in [0.717, 1.165) is 12.8 Å². The van der Waals surface area contributed by atoms with Gasteiger partial charge in [0.2, 0.25) is 5.88 Å². The molecule has 0 aromatic carbocycles. The number of rotatable bonds is 2. The zero-order chi connectivity index (χ0) is 12.8. The largest absolute Gasteiger partial charge is 0.473 e. The zero-order valence-corrected chi connectivity index (χ0v) is 11.7. The van der Waals surface area contributed by atoms with Gasteiger partial charge in [-0.2, -0.15) is 0 Å². The summed E-state index contributed by atoms with van der Waals surface area (Å²) in [7, 11) is 0. The highest BCUT2D eigenvalue weighted by molar-refractivity contribution is 6.29. The van der Waals surface area contributed by atoms with Gasteiger partial charge in [0.15, 0.2) is 5.15 Å². The van der Waals surface area contributed by atoms with Crippen molar-refractivity contribution in [3.05, 3.63) is 17.3 Å². The molecule has 0 radical (unpaired) electrons. The Kier molecular flexibility index (Phi) is 2.77. The monoisotopic (exact) mass is 266 g/mol. The Labute approximate surface area is 113 Å². The highest BCUT2D eigenvalue weighted by Gasteiger charge is 2.49. The van der Waals surface area contributed by atoms with Crippen molar-refractivity contribution in [2.45, 2.75) is 52.1 Å². The van der Waals surface area contributed by atoms with Crippen molar-refractivity contribution in [1.29, 1.82) is 0 Å². The smallest absolute Gasteiger partial charge is 0.233 e. The van der Waals surface area contributed by atoms with Gasteiger partial charge in [0.05, 0.1) is 0 Å². The fourth-order valence-corrected chi connectivity index (χ4v) is 4.05. The summed E-state index contributed by atoms with van der Waals surface area (Å²) in [5.74, 6) is 0.595. The number of hydrogen-bond acceptors (Lipinski definition) is 3. The second-order valence-electron chi connectivity index (χ2n) is 6.64. The topological polar surface area (TPSA) is 35.0 Å². The SMILES string of the molecule is C[C@]12CC[C@](C)(CC(Oc3ccc(Cl)nn3)C1)C2. The van der Waals surface area contributed by atoms with Crippen LogP contribution in [-0.4, -0.2) is 16.3 Å². The number of nitrogens with zero attached hydrogens (tertiary/aromatic N) is 2. The fraction of sp³-hybridized carbons (Fsp3) is 0.714. The molecule has 1 unspecified atom stereocenters. The normalized spacial score (nSPS) is 38.7. The lowest BCUT2D eigenvalue weighted by Crippen LogP contribution is -2.36. The van der Waals surface area contributed by atoms with E-state index in [0.29, 0.717) is 21.9 Å². The van der Waals surface area contributed by atoms with Gasteiger partial charge in [0.1, 0.15) is 6.10 Å². The van der Waals surface area contributed by atoms with E-state index in [-0.39, 0.29) is 6.10 Å². The van der Waals surface area contributed by atoms with Gasteiger partial charge >= 0.3 is 0 Å². The van der Waals surface area contributed by atoms with Gasteiger partial charge in [-0.3, -0.25) is 0 Å². The number of hydrogen-bond donors (Lipinski definition) is 0. The Morgan fingerprint density at radius 2 is 1.83 bits per heavy atom. The summed E-state index contributed by atoms with van der Waals surface area (Å²) in [5.41, 5.74) is 0.912. The van der Waals surface area contributed by atoms with Crippen molar-refractivity contribution >= 4 is 11.6 Å². The summed E-state index contributed by atoms with van der Waals surface area (Å²) in [6.45, 7) is 4.78. The van der Waals surface area contributed by atoms with Gasteiger partial charge in [-0.25, -0.2) is 0 Å². The first-order valence-electron chi connectivity index (χ1n) is 6.62. The number of halogens is 1. The van der Waals surface area contributed by atoms with Gasteiger partial charge < -0.3 is 4.74 Å². The molecule has 0 aliphatic heterocycles. The van der Waals surface area contributed by atoms with Crippen LogP contribution >= 0.6 is 11.6 Å². The van der Waals surface area contributed by atoms with Crippen molar-refractivity contribution in [3.63, 3.8) is 0 Å². The second kappa shape index (κ2) is 4.09. The maximum Gasteiger partial charge on any atom is 0.233 e. The van der Waals surface area contributed by atoms with Crippen LogP contribution in [0.1, 0.15) is 46.0 Å². The molecule has 2 fully saturated rings. The third kappa shape index (κ3) is 2.33. The molecule has 4 heteroatoms. The lowest BCUT2D eigenvalue weighted by Gasteiger charge is -2.39. The van der Waals surface area contributed by atoms with E-state index in [9.17, 15) is 0 Å². The van der Waals surface area contributed by atoms with Crippen LogP contribution in [0.3, 0.4) is 0 Å². The van der Waals surface area contributed by atoms with E-state index in [1.807, 2.05) is 0 Å². The van der Waals surface area contributed by atoms with E-state index < -0.39 is 0 Å². The third-order valence-electron chi connectivity index (χ3n) is 4.52. The summed E-state index contributed by atoms with van der Waals surface area (Å²) < 4.78 is 5.99. The Balaban J connectivity index is 1.72. The average molecular weight is 267 g/mol. The minimum Gasteiger partial charge on any atom is -0.473 e. The molecule has 1 aromatic heterocycles. The van der Waals surface area contributed by atoms with Crippen molar-refractivity contribution in [2.24, 2.45) is 10.8 Å². The fourth-order valence-electron chi connectivity index (χ4n) is 3.95. The summed E-state index contributed by atoms with van der Waals surface area (Å²) in [6, 6.07) is 3.53.